The molecule has 0 amide bonds. The molecule has 3 atom stereocenters. The van der Waals surface area contributed by atoms with E-state index in [4.69, 9.17) is 0 Å². The molecule has 0 saturated heterocycles. The van der Waals surface area contributed by atoms with E-state index in [1.54, 1.807) is 24.3 Å². The Labute approximate surface area is 123 Å². The van der Waals surface area contributed by atoms with E-state index >= 15 is 0 Å². The highest BCUT2D eigenvalue weighted by Gasteiger charge is 2.26. The van der Waals surface area contributed by atoms with Crippen molar-refractivity contribution in [3.63, 3.8) is 0 Å². The fraction of sp³-hybridized carbons (Fsp3) is 0.571. The van der Waals surface area contributed by atoms with Gasteiger partial charge in [-0.05, 0) is 50.6 Å². The standard InChI is InChI=1S/C14H21NO3S2/c1-15-11-4-3-5-13(10-11)19(16)12-6-8-14(9-7-12)20(2,17)18/h6-9,11,13,15H,3-5,10H2,1-2H3. The molecule has 6 heteroatoms. The van der Waals surface area contributed by atoms with E-state index in [0.29, 0.717) is 6.04 Å². The number of rotatable bonds is 4. The molecule has 1 fully saturated rings. The lowest BCUT2D eigenvalue weighted by Crippen LogP contribution is -2.35. The van der Waals surface area contributed by atoms with Crippen molar-refractivity contribution in [2.24, 2.45) is 0 Å². The van der Waals surface area contributed by atoms with E-state index in [2.05, 4.69) is 5.32 Å². The Morgan fingerprint density at radius 2 is 1.85 bits per heavy atom. The van der Waals surface area contributed by atoms with E-state index in [1.165, 1.54) is 6.26 Å². The second-order valence-corrected chi connectivity index (χ2v) is 9.06. The quantitative estimate of drug-likeness (QED) is 0.919. The Morgan fingerprint density at radius 1 is 1.20 bits per heavy atom. The molecule has 0 radical (unpaired) electrons. The van der Waals surface area contributed by atoms with Crippen LogP contribution in [0.3, 0.4) is 0 Å². The van der Waals surface area contributed by atoms with Crippen LogP contribution in [0.1, 0.15) is 25.7 Å². The SMILES string of the molecule is CNC1CCCC(S(=O)c2ccc(S(C)(=O)=O)cc2)C1. The Hall–Kier alpha value is -0.720. The van der Waals surface area contributed by atoms with Crippen LogP contribution in [-0.2, 0) is 20.6 Å². The topological polar surface area (TPSA) is 63.2 Å². The zero-order chi connectivity index (χ0) is 14.8. The molecule has 0 aromatic heterocycles. The molecule has 0 heterocycles. The zero-order valence-corrected chi connectivity index (χ0v) is 13.5. The maximum absolute atomic E-state index is 12.6. The summed E-state index contributed by atoms with van der Waals surface area (Å²) in [5.41, 5.74) is 0. The minimum atomic E-state index is -3.19. The third kappa shape index (κ3) is 3.68. The van der Waals surface area contributed by atoms with Crippen molar-refractivity contribution in [1.82, 2.24) is 5.32 Å². The van der Waals surface area contributed by atoms with Crippen molar-refractivity contribution in [3.8, 4) is 0 Å². The summed E-state index contributed by atoms with van der Waals surface area (Å²) in [4.78, 5) is 0.995. The van der Waals surface area contributed by atoms with Crippen LogP contribution < -0.4 is 5.32 Å². The van der Waals surface area contributed by atoms with Crippen LogP contribution in [0.4, 0.5) is 0 Å². The summed E-state index contributed by atoms with van der Waals surface area (Å²) in [5, 5.41) is 3.41. The maximum atomic E-state index is 12.6. The third-order valence-electron chi connectivity index (χ3n) is 3.82. The first-order chi connectivity index (χ1) is 9.41. The molecule has 3 unspecified atom stereocenters. The van der Waals surface area contributed by atoms with Gasteiger partial charge in [0.05, 0.1) is 15.7 Å². The summed E-state index contributed by atoms with van der Waals surface area (Å²) in [7, 11) is -2.31. The van der Waals surface area contributed by atoms with E-state index in [1.807, 2.05) is 7.05 Å². The summed E-state index contributed by atoms with van der Waals surface area (Å²) in [5.74, 6) is 0. The van der Waals surface area contributed by atoms with Crippen LogP contribution in [0.2, 0.25) is 0 Å². The number of hydrogen-bond acceptors (Lipinski definition) is 4. The molecule has 1 saturated carbocycles. The summed E-state index contributed by atoms with van der Waals surface area (Å²) in [6.07, 6.45) is 5.29. The van der Waals surface area contributed by atoms with Crippen LogP contribution >= 0.6 is 0 Å². The van der Waals surface area contributed by atoms with Gasteiger partial charge in [-0.25, -0.2) is 8.42 Å². The smallest absolute Gasteiger partial charge is 0.175 e. The molecule has 112 valence electrons. The highest BCUT2D eigenvalue weighted by atomic mass is 32.2. The van der Waals surface area contributed by atoms with Crippen molar-refractivity contribution in [1.29, 1.82) is 0 Å². The Morgan fingerprint density at radius 3 is 2.40 bits per heavy atom. The molecule has 1 aromatic carbocycles. The van der Waals surface area contributed by atoms with Crippen molar-refractivity contribution < 1.29 is 12.6 Å². The lowest BCUT2D eigenvalue weighted by Gasteiger charge is -2.28. The molecule has 0 aliphatic heterocycles. The summed E-state index contributed by atoms with van der Waals surface area (Å²) in [6, 6.07) is 6.88. The lowest BCUT2D eigenvalue weighted by atomic mass is 9.95. The Kier molecular flexibility index (Phi) is 4.99. The van der Waals surface area contributed by atoms with Gasteiger partial charge in [-0.3, -0.25) is 4.21 Å². The van der Waals surface area contributed by atoms with Gasteiger partial charge in [0.2, 0.25) is 0 Å². The summed E-state index contributed by atoms with van der Waals surface area (Å²) >= 11 is 0. The molecular formula is C14H21NO3S2. The van der Waals surface area contributed by atoms with E-state index in [0.717, 1.165) is 30.6 Å². The largest absolute Gasteiger partial charge is 0.317 e. The predicted molar refractivity (Wildman–Crippen MR) is 81.1 cm³/mol. The van der Waals surface area contributed by atoms with E-state index in [-0.39, 0.29) is 10.1 Å². The average molecular weight is 315 g/mol. The van der Waals surface area contributed by atoms with Gasteiger partial charge in [0, 0.05) is 22.4 Å². The van der Waals surface area contributed by atoms with Gasteiger partial charge in [0.15, 0.2) is 9.84 Å². The first-order valence-electron chi connectivity index (χ1n) is 6.80. The Bertz CT molecular complexity index is 581. The number of sulfone groups is 1. The van der Waals surface area contributed by atoms with Gasteiger partial charge in [-0.15, -0.1) is 0 Å². The molecule has 1 N–H and O–H groups in total. The van der Waals surface area contributed by atoms with Crippen LogP contribution in [0, 0.1) is 0 Å². The van der Waals surface area contributed by atoms with Crippen LogP contribution in [0.25, 0.3) is 0 Å². The Balaban J connectivity index is 2.13. The fourth-order valence-electron chi connectivity index (χ4n) is 2.61. The van der Waals surface area contributed by atoms with Gasteiger partial charge in [-0.2, -0.15) is 0 Å². The van der Waals surface area contributed by atoms with Crippen LogP contribution in [0.15, 0.2) is 34.1 Å². The second kappa shape index (κ2) is 6.37. The molecule has 1 aliphatic rings. The molecule has 2 rings (SSSR count). The maximum Gasteiger partial charge on any atom is 0.175 e. The van der Waals surface area contributed by atoms with Gasteiger partial charge in [-0.1, -0.05) is 6.42 Å². The molecule has 0 spiro atoms. The van der Waals surface area contributed by atoms with Gasteiger partial charge in [0.25, 0.3) is 0 Å². The molecule has 1 aromatic rings. The highest BCUT2D eigenvalue weighted by Crippen LogP contribution is 2.26. The molecular weight excluding hydrogens is 294 g/mol. The normalized spacial score (nSPS) is 25.3. The van der Waals surface area contributed by atoms with Crippen molar-refractivity contribution in [3.05, 3.63) is 24.3 Å². The van der Waals surface area contributed by atoms with E-state index in [9.17, 15) is 12.6 Å². The molecule has 1 aliphatic carbocycles. The zero-order valence-electron chi connectivity index (χ0n) is 11.8. The van der Waals surface area contributed by atoms with Gasteiger partial charge >= 0.3 is 0 Å². The molecule has 20 heavy (non-hydrogen) atoms. The van der Waals surface area contributed by atoms with Gasteiger partial charge < -0.3 is 5.32 Å². The third-order valence-corrected chi connectivity index (χ3v) is 6.72. The van der Waals surface area contributed by atoms with Crippen LogP contribution in [-0.4, -0.2) is 37.2 Å². The first-order valence-corrected chi connectivity index (χ1v) is 9.90. The number of benzene rings is 1. The number of nitrogens with one attached hydrogen (secondary N) is 1. The minimum absolute atomic E-state index is 0.158. The summed E-state index contributed by atoms with van der Waals surface area (Å²) < 4.78 is 35.4. The monoisotopic (exact) mass is 315 g/mol. The van der Waals surface area contributed by atoms with Crippen molar-refractivity contribution in [2.75, 3.05) is 13.3 Å². The minimum Gasteiger partial charge on any atom is -0.317 e. The molecule has 0 bridgehead atoms. The molecule has 4 nitrogen and oxygen atoms in total. The predicted octanol–water partition coefficient (Wildman–Crippen LogP) is 1.73. The second-order valence-electron chi connectivity index (χ2n) is 5.32. The lowest BCUT2D eigenvalue weighted by molar-refractivity contribution is 0.398. The van der Waals surface area contributed by atoms with Crippen molar-refractivity contribution in [2.45, 2.75) is 46.8 Å². The van der Waals surface area contributed by atoms with Crippen LogP contribution in [0.5, 0.6) is 0 Å². The van der Waals surface area contributed by atoms with E-state index < -0.39 is 20.6 Å². The van der Waals surface area contributed by atoms with Gasteiger partial charge in [0.1, 0.15) is 0 Å². The first kappa shape index (κ1) is 15.7. The summed E-state index contributed by atoms with van der Waals surface area (Å²) in [6.45, 7) is 0. The number of hydrogen-bond donors (Lipinski definition) is 1. The fourth-order valence-corrected chi connectivity index (χ4v) is 4.82. The average Bonchev–Trinajstić information content (AvgIpc) is 2.46. The highest BCUT2D eigenvalue weighted by molar-refractivity contribution is 7.90. The van der Waals surface area contributed by atoms with Crippen molar-refractivity contribution >= 4 is 20.6 Å².